The van der Waals surface area contributed by atoms with E-state index in [1.165, 1.54) is 5.48 Å². The number of aromatic nitrogens is 1. The van der Waals surface area contributed by atoms with Gasteiger partial charge in [0.2, 0.25) is 5.89 Å². The number of rotatable bonds is 2. The summed E-state index contributed by atoms with van der Waals surface area (Å²) in [6.07, 6.45) is 0. The number of carbonyl (C=O) groups excluding carboxylic acids is 1. The van der Waals surface area contributed by atoms with Crippen LogP contribution < -0.4 is 5.48 Å². The molecule has 2 rings (SSSR count). The molecule has 0 aliphatic rings. The summed E-state index contributed by atoms with van der Waals surface area (Å²) in [6, 6.07) is 9.22. The van der Waals surface area contributed by atoms with Crippen molar-refractivity contribution in [1.82, 2.24) is 10.5 Å². The Labute approximate surface area is 91.7 Å². The lowest BCUT2D eigenvalue weighted by atomic mass is 10.2. The van der Waals surface area contributed by atoms with Gasteiger partial charge in [-0.25, -0.2) is 10.5 Å². The molecule has 2 aromatic rings. The number of carbonyl (C=O) groups is 1. The van der Waals surface area contributed by atoms with Gasteiger partial charge in [0.25, 0.3) is 5.91 Å². The first-order chi connectivity index (χ1) is 7.72. The highest BCUT2D eigenvalue weighted by Crippen LogP contribution is 2.21. The van der Waals surface area contributed by atoms with Gasteiger partial charge in [-0.05, 0) is 19.1 Å². The molecule has 0 unspecified atom stereocenters. The molecule has 5 nitrogen and oxygen atoms in total. The molecule has 0 atom stereocenters. The largest absolute Gasteiger partial charge is 0.441 e. The zero-order valence-corrected chi connectivity index (χ0v) is 8.60. The van der Waals surface area contributed by atoms with Crippen LogP contribution in [0.15, 0.2) is 34.7 Å². The van der Waals surface area contributed by atoms with Crippen LogP contribution in [0.3, 0.4) is 0 Å². The highest BCUT2D eigenvalue weighted by Gasteiger charge is 2.16. The standard InChI is InChI=1S/C11H10N2O3/c1-7-9(10(14)13-15)12-11(16-7)8-5-3-2-4-6-8/h2-6,15H,1H3,(H,13,14). The maximum Gasteiger partial charge on any atom is 0.296 e. The number of amides is 1. The topological polar surface area (TPSA) is 75.4 Å². The molecular formula is C11H10N2O3. The first-order valence-electron chi connectivity index (χ1n) is 4.69. The van der Waals surface area contributed by atoms with Crippen LogP contribution in [0.4, 0.5) is 0 Å². The fourth-order valence-electron chi connectivity index (χ4n) is 1.36. The molecule has 2 N–H and O–H groups in total. The molecule has 0 bridgehead atoms. The van der Waals surface area contributed by atoms with Crippen molar-refractivity contribution in [1.29, 1.82) is 0 Å². The molecule has 1 aromatic carbocycles. The Morgan fingerprint density at radius 2 is 2.06 bits per heavy atom. The zero-order valence-electron chi connectivity index (χ0n) is 8.60. The summed E-state index contributed by atoms with van der Waals surface area (Å²) in [4.78, 5) is 15.2. The number of nitrogens with one attached hydrogen (secondary N) is 1. The van der Waals surface area contributed by atoms with E-state index in [9.17, 15) is 4.79 Å². The van der Waals surface area contributed by atoms with Gasteiger partial charge < -0.3 is 4.42 Å². The van der Waals surface area contributed by atoms with Crippen LogP contribution in [0.2, 0.25) is 0 Å². The highest BCUT2D eigenvalue weighted by molar-refractivity contribution is 5.92. The van der Waals surface area contributed by atoms with Gasteiger partial charge in [-0.3, -0.25) is 10.0 Å². The van der Waals surface area contributed by atoms with Crippen LogP contribution in [-0.2, 0) is 0 Å². The smallest absolute Gasteiger partial charge is 0.296 e. The maximum atomic E-state index is 11.2. The van der Waals surface area contributed by atoms with Gasteiger partial charge in [0.05, 0.1) is 0 Å². The normalized spacial score (nSPS) is 10.1. The fourth-order valence-corrected chi connectivity index (χ4v) is 1.36. The van der Waals surface area contributed by atoms with E-state index >= 15 is 0 Å². The molecule has 16 heavy (non-hydrogen) atoms. The minimum atomic E-state index is -0.677. The van der Waals surface area contributed by atoms with Crippen molar-refractivity contribution in [3.8, 4) is 11.5 Å². The maximum absolute atomic E-state index is 11.2. The average Bonchev–Trinajstić information content (AvgIpc) is 2.71. The van der Waals surface area contributed by atoms with Crippen LogP contribution in [0, 0.1) is 6.92 Å². The first kappa shape index (κ1) is 10.4. The molecule has 1 heterocycles. The Morgan fingerprint density at radius 3 is 2.69 bits per heavy atom. The highest BCUT2D eigenvalue weighted by atomic mass is 16.5. The molecule has 0 saturated heterocycles. The Morgan fingerprint density at radius 1 is 1.38 bits per heavy atom. The molecule has 1 amide bonds. The molecule has 0 radical (unpaired) electrons. The number of nitrogens with zero attached hydrogens (tertiary/aromatic N) is 1. The molecule has 0 aliphatic carbocycles. The summed E-state index contributed by atoms with van der Waals surface area (Å²) in [5.41, 5.74) is 2.39. The van der Waals surface area contributed by atoms with Gasteiger partial charge in [0, 0.05) is 5.56 Å². The lowest BCUT2D eigenvalue weighted by molar-refractivity contribution is 0.0699. The molecule has 0 fully saturated rings. The monoisotopic (exact) mass is 218 g/mol. The number of benzene rings is 1. The van der Waals surface area contributed by atoms with Crippen molar-refractivity contribution in [2.24, 2.45) is 0 Å². The van der Waals surface area contributed by atoms with Crippen LogP contribution in [0.5, 0.6) is 0 Å². The number of hydroxylamine groups is 1. The number of hydrogen-bond donors (Lipinski definition) is 2. The zero-order chi connectivity index (χ0) is 11.5. The van der Waals surface area contributed by atoms with Crippen molar-refractivity contribution in [2.75, 3.05) is 0 Å². The third kappa shape index (κ3) is 1.80. The van der Waals surface area contributed by atoms with E-state index < -0.39 is 5.91 Å². The number of aryl methyl sites for hydroxylation is 1. The second kappa shape index (κ2) is 4.16. The lowest BCUT2D eigenvalue weighted by Crippen LogP contribution is -2.19. The van der Waals surface area contributed by atoms with E-state index in [0.29, 0.717) is 11.7 Å². The second-order valence-electron chi connectivity index (χ2n) is 3.23. The van der Waals surface area contributed by atoms with Crippen molar-refractivity contribution in [3.63, 3.8) is 0 Å². The average molecular weight is 218 g/mol. The van der Waals surface area contributed by atoms with Gasteiger partial charge >= 0.3 is 0 Å². The molecule has 0 spiro atoms. The molecule has 0 aliphatic heterocycles. The van der Waals surface area contributed by atoms with Gasteiger partial charge in [0.1, 0.15) is 5.76 Å². The third-order valence-corrected chi connectivity index (χ3v) is 2.13. The Balaban J connectivity index is 2.42. The molecule has 82 valence electrons. The quantitative estimate of drug-likeness (QED) is 0.595. The first-order valence-corrected chi connectivity index (χ1v) is 4.69. The SMILES string of the molecule is Cc1oc(-c2ccccc2)nc1C(=O)NO. The number of oxazole rings is 1. The Hall–Kier alpha value is -2.14. The summed E-state index contributed by atoms with van der Waals surface area (Å²) in [5.74, 6) is 0.0468. The summed E-state index contributed by atoms with van der Waals surface area (Å²) in [5, 5.41) is 8.51. The van der Waals surface area contributed by atoms with Crippen molar-refractivity contribution in [2.45, 2.75) is 6.92 Å². The predicted molar refractivity (Wildman–Crippen MR) is 55.9 cm³/mol. The predicted octanol–water partition coefficient (Wildman–Crippen LogP) is 1.77. The molecular weight excluding hydrogens is 208 g/mol. The van der Waals surface area contributed by atoms with E-state index in [2.05, 4.69) is 4.98 Å². The van der Waals surface area contributed by atoms with Crippen molar-refractivity contribution < 1.29 is 14.4 Å². The van der Waals surface area contributed by atoms with E-state index in [0.717, 1.165) is 5.56 Å². The third-order valence-electron chi connectivity index (χ3n) is 2.13. The Bertz CT molecular complexity index is 505. The summed E-state index contributed by atoms with van der Waals surface area (Å²) < 4.78 is 5.34. The lowest BCUT2D eigenvalue weighted by Gasteiger charge is -1.92. The van der Waals surface area contributed by atoms with Gasteiger partial charge in [-0.1, -0.05) is 18.2 Å². The molecule has 1 aromatic heterocycles. The second-order valence-corrected chi connectivity index (χ2v) is 3.23. The minimum absolute atomic E-state index is 0.0846. The number of hydrogen-bond acceptors (Lipinski definition) is 4. The van der Waals surface area contributed by atoms with Gasteiger partial charge in [-0.15, -0.1) is 0 Å². The van der Waals surface area contributed by atoms with Crippen LogP contribution in [-0.4, -0.2) is 16.1 Å². The Kier molecular flexibility index (Phi) is 2.70. The van der Waals surface area contributed by atoms with E-state index in [1.54, 1.807) is 6.92 Å². The van der Waals surface area contributed by atoms with Crippen LogP contribution in [0.25, 0.3) is 11.5 Å². The van der Waals surface area contributed by atoms with Crippen LogP contribution in [0.1, 0.15) is 16.2 Å². The van der Waals surface area contributed by atoms with Gasteiger partial charge in [-0.2, -0.15) is 0 Å². The summed E-state index contributed by atoms with van der Waals surface area (Å²) in [7, 11) is 0. The molecule has 0 saturated carbocycles. The van der Waals surface area contributed by atoms with E-state index in [-0.39, 0.29) is 5.69 Å². The molecule has 5 heteroatoms. The van der Waals surface area contributed by atoms with Crippen LogP contribution >= 0.6 is 0 Å². The van der Waals surface area contributed by atoms with Crippen molar-refractivity contribution >= 4 is 5.91 Å². The summed E-state index contributed by atoms with van der Waals surface area (Å²) in [6.45, 7) is 1.62. The minimum Gasteiger partial charge on any atom is -0.441 e. The fraction of sp³-hybridized carbons (Fsp3) is 0.0909. The van der Waals surface area contributed by atoms with Crippen molar-refractivity contribution in [3.05, 3.63) is 41.8 Å². The van der Waals surface area contributed by atoms with E-state index in [1.807, 2.05) is 30.3 Å². The van der Waals surface area contributed by atoms with E-state index in [4.69, 9.17) is 9.62 Å². The van der Waals surface area contributed by atoms with Gasteiger partial charge in [0.15, 0.2) is 5.69 Å². The summed E-state index contributed by atoms with van der Waals surface area (Å²) >= 11 is 0.